The van der Waals surface area contributed by atoms with Gasteiger partial charge in [0, 0.05) is 31.7 Å². The van der Waals surface area contributed by atoms with Crippen molar-refractivity contribution in [2.24, 2.45) is 0 Å². The highest BCUT2D eigenvalue weighted by atomic mass is 127. The normalized spacial score (nSPS) is 8.83. The number of pyridine rings is 1. The van der Waals surface area contributed by atoms with Crippen LogP contribution in [0.2, 0.25) is 0 Å². The summed E-state index contributed by atoms with van der Waals surface area (Å²) in [5.41, 5.74) is 1.22. The van der Waals surface area contributed by atoms with Crippen molar-refractivity contribution >= 4 is 6.08 Å². The molecule has 0 saturated carbocycles. The predicted octanol–water partition coefficient (Wildman–Crippen LogP) is 0.200. The Balaban J connectivity index is 0. The number of aliphatic hydroxyl groups is 1. The second-order valence-corrected chi connectivity index (χ2v) is 3.94. The van der Waals surface area contributed by atoms with Gasteiger partial charge in [0.05, 0.1) is 0 Å². The van der Waals surface area contributed by atoms with Crippen LogP contribution in [0.3, 0.4) is 0 Å². The number of rotatable bonds is 7. The monoisotopic (exact) mass is 363 g/mol. The SMILES string of the molecule is C=Cc1cccc[n+]1CCCCCCC.CO.[I-]. The summed E-state index contributed by atoms with van der Waals surface area (Å²) in [6.45, 7) is 7.20. The summed E-state index contributed by atoms with van der Waals surface area (Å²) in [5, 5.41) is 7.00. The minimum atomic E-state index is 0. The number of hydrogen-bond acceptors (Lipinski definition) is 1. The Morgan fingerprint density at radius 3 is 2.44 bits per heavy atom. The molecule has 0 aliphatic carbocycles. The number of unbranched alkanes of at least 4 members (excludes halogenated alkanes) is 4. The van der Waals surface area contributed by atoms with Crippen LogP contribution in [0.1, 0.15) is 44.7 Å². The third-order valence-corrected chi connectivity index (χ3v) is 2.69. The molecule has 0 bridgehead atoms. The van der Waals surface area contributed by atoms with Crippen molar-refractivity contribution in [2.75, 3.05) is 7.11 Å². The average Bonchev–Trinajstić information content (AvgIpc) is 2.41. The summed E-state index contributed by atoms with van der Waals surface area (Å²) >= 11 is 0. The maximum absolute atomic E-state index is 7.00. The maximum atomic E-state index is 7.00. The lowest BCUT2D eigenvalue weighted by Gasteiger charge is -2.00. The molecule has 0 amide bonds. The van der Waals surface area contributed by atoms with Gasteiger partial charge in [0.25, 0.3) is 0 Å². The molecule has 1 rings (SSSR count). The smallest absolute Gasteiger partial charge is 0.204 e. The Labute approximate surface area is 129 Å². The van der Waals surface area contributed by atoms with Crippen molar-refractivity contribution in [3.63, 3.8) is 0 Å². The first-order valence-electron chi connectivity index (χ1n) is 6.44. The van der Waals surface area contributed by atoms with Crippen LogP contribution in [0.15, 0.2) is 31.0 Å². The lowest BCUT2D eigenvalue weighted by Crippen LogP contribution is -3.00. The van der Waals surface area contributed by atoms with E-state index in [0.29, 0.717) is 0 Å². The quantitative estimate of drug-likeness (QED) is 0.418. The highest BCUT2D eigenvalue weighted by molar-refractivity contribution is 5.36. The van der Waals surface area contributed by atoms with Crippen LogP contribution in [-0.2, 0) is 6.54 Å². The van der Waals surface area contributed by atoms with E-state index >= 15 is 0 Å². The first-order chi connectivity index (χ1) is 8.38. The zero-order valence-corrected chi connectivity index (χ0v) is 13.8. The number of aliphatic hydroxyl groups excluding tert-OH is 1. The highest BCUT2D eigenvalue weighted by Crippen LogP contribution is 2.02. The topological polar surface area (TPSA) is 24.1 Å². The number of halogens is 1. The van der Waals surface area contributed by atoms with Crippen molar-refractivity contribution in [3.05, 3.63) is 36.7 Å². The van der Waals surface area contributed by atoms with Gasteiger partial charge >= 0.3 is 0 Å². The Morgan fingerprint density at radius 2 is 1.83 bits per heavy atom. The van der Waals surface area contributed by atoms with E-state index in [1.807, 2.05) is 6.08 Å². The zero-order valence-electron chi connectivity index (χ0n) is 11.6. The van der Waals surface area contributed by atoms with Crippen LogP contribution in [0.5, 0.6) is 0 Å². The zero-order chi connectivity index (χ0) is 12.9. The van der Waals surface area contributed by atoms with E-state index in [1.54, 1.807) is 0 Å². The molecule has 0 spiro atoms. The fourth-order valence-electron chi connectivity index (χ4n) is 1.76. The summed E-state index contributed by atoms with van der Waals surface area (Å²) in [7, 11) is 1.00. The molecule has 0 fully saturated rings. The lowest BCUT2D eigenvalue weighted by molar-refractivity contribution is -0.699. The van der Waals surface area contributed by atoms with Crippen molar-refractivity contribution in [3.8, 4) is 0 Å². The highest BCUT2D eigenvalue weighted by Gasteiger charge is 2.04. The molecule has 0 unspecified atom stereocenters. The van der Waals surface area contributed by atoms with Crippen LogP contribution in [0.4, 0.5) is 0 Å². The predicted molar refractivity (Wildman–Crippen MR) is 73.6 cm³/mol. The largest absolute Gasteiger partial charge is 1.00 e. The van der Waals surface area contributed by atoms with Crippen LogP contribution >= 0.6 is 0 Å². The van der Waals surface area contributed by atoms with E-state index in [-0.39, 0.29) is 24.0 Å². The molecule has 1 heterocycles. The molecule has 0 atom stereocenters. The number of hydrogen-bond donors (Lipinski definition) is 1. The fraction of sp³-hybridized carbons (Fsp3) is 0.533. The van der Waals surface area contributed by atoms with Gasteiger partial charge in [0.1, 0.15) is 6.54 Å². The minimum absolute atomic E-state index is 0. The molecule has 1 aromatic heterocycles. The van der Waals surface area contributed by atoms with Crippen LogP contribution in [0, 0.1) is 0 Å². The molecule has 1 aromatic rings. The summed E-state index contributed by atoms with van der Waals surface area (Å²) in [6.07, 6.45) is 10.7. The molecule has 0 aliphatic rings. The van der Waals surface area contributed by atoms with Crippen LogP contribution in [-0.4, -0.2) is 12.2 Å². The van der Waals surface area contributed by atoms with Crippen molar-refractivity contribution in [1.82, 2.24) is 0 Å². The lowest BCUT2D eigenvalue weighted by atomic mass is 10.1. The molecule has 0 radical (unpaired) electrons. The molecule has 3 heteroatoms. The van der Waals surface area contributed by atoms with Crippen LogP contribution in [0.25, 0.3) is 6.08 Å². The minimum Gasteiger partial charge on any atom is -1.00 e. The van der Waals surface area contributed by atoms with E-state index in [4.69, 9.17) is 5.11 Å². The fourth-order valence-corrected chi connectivity index (χ4v) is 1.76. The summed E-state index contributed by atoms with van der Waals surface area (Å²) in [6, 6.07) is 6.25. The van der Waals surface area contributed by atoms with E-state index < -0.39 is 0 Å². The van der Waals surface area contributed by atoms with E-state index in [1.165, 1.54) is 37.8 Å². The van der Waals surface area contributed by atoms with E-state index in [9.17, 15) is 0 Å². The summed E-state index contributed by atoms with van der Waals surface area (Å²) in [4.78, 5) is 0. The van der Waals surface area contributed by atoms with Gasteiger partial charge in [-0.2, -0.15) is 4.57 Å². The van der Waals surface area contributed by atoms with Gasteiger partial charge in [-0.3, -0.25) is 0 Å². The number of aryl methyl sites for hydroxylation is 1. The standard InChI is InChI=1S/C14H22N.CH4O.HI/c1-3-5-6-7-9-12-15-13-10-8-11-14(15)4-2;1-2;/h4,8,10-11,13H,2-3,5-7,9,12H2,1H3;2H,1H3;1H/q+1;;/p-1. The summed E-state index contributed by atoms with van der Waals surface area (Å²) in [5.74, 6) is 0. The first kappa shape index (κ1) is 19.9. The second-order valence-electron chi connectivity index (χ2n) is 3.94. The third-order valence-electron chi connectivity index (χ3n) is 2.69. The second kappa shape index (κ2) is 14.6. The molecule has 0 aromatic carbocycles. The Bertz CT molecular complexity index is 302. The van der Waals surface area contributed by atoms with Gasteiger partial charge in [-0.15, -0.1) is 0 Å². The Kier molecular flexibility index (Phi) is 16.2. The van der Waals surface area contributed by atoms with Gasteiger partial charge in [-0.05, 0) is 12.5 Å². The average molecular weight is 363 g/mol. The van der Waals surface area contributed by atoms with Gasteiger partial charge in [-0.1, -0.05) is 32.8 Å². The van der Waals surface area contributed by atoms with Gasteiger partial charge in [0.2, 0.25) is 5.69 Å². The molecule has 0 saturated heterocycles. The number of aromatic nitrogens is 1. The van der Waals surface area contributed by atoms with Crippen molar-refractivity contribution in [1.29, 1.82) is 0 Å². The number of nitrogens with zero attached hydrogens (tertiary/aromatic N) is 1. The maximum Gasteiger partial charge on any atom is 0.204 e. The van der Waals surface area contributed by atoms with Crippen molar-refractivity contribution < 1.29 is 33.7 Å². The van der Waals surface area contributed by atoms with E-state index in [2.05, 4.69) is 42.5 Å². The Morgan fingerprint density at radius 1 is 1.17 bits per heavy atom. The van der Waals surface area contributed by atoms with E-state index in [0.717, 1.165) is 13.7 Å². The summed E-state index contributed by atoms with van der Waals surface area (Å²) < 4.78 is 2.28. The molecule has 1 N–H and O–H groups in total. The van der Waals surface area contributed by atoms with Crippen LogP contribution < -0.4 is 28.5 Å². The van der Waals surface area contributed by atoms with Gasteiger partial charge in [-0.25, -0.2) is 0 Å². The van der Waals surface area contributed by atoms with Gasteiger partial charge < -0.3 is 29.1 Å². The molecular weight excluding hydrogens is 337 g/mol. The molecular formula is C15H26INO. The Hall–Kier alpha value is -0.420. The first-order valence-corrected chi connectivity index (χ1v) is 6.44. The third kappa shape index (κ3) is 8.64. The molecule has 0 aliphatic heterocycles. The van der Waals surface area contributed by atoms with Crippen molar-refractivity contribution in [2.45, 2.75) is 45.6 Å². The molecule has 18 heavy (non-hydrogen) atoms. The van der Waals surface area contributed by atoms with Gasteiger partial charge in [0.15, 0.2) is 6.20 Å². The molecule has 104 valence electrons. The molecule has 2 nitrogen and oxygen atoms in total.